The molecule has 4 N–H and O–H groups in total. The van der Waals surface area contributed by atoms with E-state index in [1.165, 1.54) is 36.5 Å². The van der Waals surface area contributed by atoms with E-state index in [1.807, 2.05) is 0 Å². The number of Topliss-reactive ketones (excluding diaryl/α,β-unsaturated/α-hetero) is 1. The van der Waals surface area contributed by atoms with Crippen LogP contribution < -0.4 is 15.8 Å². The SMILES string of the molecule is C.CCOC(=O)COc1ccc(NC(=O)c2ccc(C(=N)N)cc2F)c(C(=O)Cc2ccc(Cl)cn2)c1. The molecule has 2 aromatic carbocycles. The number of anilines is 1. The van der Waals surface area contributed by atoms with Crippen LogP contribution in [-0.2, 0) is 16.0 Å². The Balaban J connectivity index is 0.00000481. The number of esters is 1. The van der Waals surface area contributed by atoms with Crippen LogP contribution in [-0.4, -0.2) is 41.7 Å². The van der Waals surface area contributed by atoms with E-state index in [0.29, 0.717) is 10.7 Å². The monoisotopic (exact) mass is 528 g/mol. The fourth-order valence-corrected chi connectivity index (χ4v) is 3.24. The van der Waals surface area contributed by atoms with Gasteiger partial charge in [-0.1, -0.05) is 25.1 Å². The van der Waals surface area contributed by atoms with Crippen LogP contribution in [0.3, 0.4) is 0 Å². The first-order valence-electron chi connectivity index (χ1n) is 10.7. The zero-order valence-electron chi connectivity index (χ0n) is 19.1. The highest BCUT2D eigenvalue weighted by atomic mass is 35.5. The molecular weight excluding hydrogens is 503 g/mol. The minimum atomic E-state index is -0.882. The summed E-state index contributed by atoms with van der Waals surface area (Å²) in [5, 5.41) is 10.3. The number of ketones is 1. The van der Waals surface area contributed by atoms with Crippen molar-refractivity contribution in [3.05, 3.63) is 88.0 Å². The number of carbonyl (C=O) groups is 3. The number of nitrogens with zero attached hydrogens (tertiary/aromatic N) is 1. The molecule has 1 aromatic heterocycles. The van der Waals surface area contributed by atoms with Gasteiger partial charge in [-0.05, 0) is 49.4 Å². The van der Waals surface area contributed by atoms with Crippen molar-refractivity contribution in [3.8, 4) is 5.75 Å². The molecule has 1 heterocycles. The standard InChI is InChI=1S/C25H22ClFN4O5.CH4/c1-2-35-23(33)13-36-17-6-8-21(19(11-17)22(32)10-16-5-4-15(26)12-30-16)31-25(34)18-7-3-14(24(28)29)9-20(18)27;/h3-9,11-12H,2,10,13H2,1H3,(H3,28,29)(H,31,34);1H4. The molecule has 0 atom stereocenters. The highest BCUT2D eigenvalue weighted by Crippen LogP contribution is 2.25. The van der Waals surface area contributed by atoms with Crippen molar-refractivity contribution < 1.29 is 28.2 Å². The van der Waals surface area contributed by atoms with E-state index in [0.717, 1.165) is 6.07 Å². The molecule has 0 saturated carbocycles. The topological polar surface area (TPSA) is 144 Å². The number of hydrogen-bond donors (Lipinski definition) is 3. The average molecular weight is 529 g/mol. The van der Waals surface area contributed by atoms with E-state index < -0.39 is 23.5 Å². The van der Waals surface area contributed by atoms with Crippen molar-refractivity contribution in [1.82, 2.24) is 4.98 Å². The molecule has 0 aliphatic carbocycles. The maximum Gasteiger partial charge on any atom is 0.344 e. The Hall–Kier alpha value is -4.31. The maximum absolute atomic E-state index is 14.5. The predicted octanol–water partition coefficient (Wildman–Crippen LogP) is 4.41. The molecule has 37 heavy (non-hydrogen) atoms. The number of benzene rings is 2. The van der Waals surface area contributed by atoms with Gasteiger partial charge < -0.3 is 20.5 Å². The number of amidine groups is 1. The molecule has 0 unspecified atom stereocenters. The van der Waals surface area contributed by atoms with Gasteiger partial charge in [-0.15, -0.1) is 0 Å². The van der Waals surface area contributed by atoms with Gasteiger partial charge in [-0.25, -0.2) is 9.18 Å². The summed E-state index contributed by atoms with van der Waals surface area (Å²) >= 11 is 5.85. The van der Waals surface area contributed by atoms with Crippen LogP contribution in [0, 0.1) is 11.2 Å². The first-order valence-corrected chi connectivity index (χ1v) is 11.1. The van der Waals surface area contributed by atoms with Gasteiger partial charge in [0.2, 0.25) is 0 Å². The summed E-state index contributed by atoms with van der Waals surface area (Å²) in [7, 11) is 0. The average Bonchev–Trinajstić information content (AvgIpc) is 2.84. The molecule has 11 heteroatoms. The van der Waals surface area contributed by atoms with Crippen LogP contribution in [0.1, 0.15) is 46.3 Å². The zero-order valence-corrected chi connectivity index (χ0v) is 19.9. The molecule has 194 valence electrons. The number of carbonyl (C=O) groups excluding carboxylic acids is 3. The largest absolute Gasteiger partial charge is 0.482 e. The molecular formula is C26H26ClFN4O5. The molecule has 0 spiro atoms. The van der Waals surface area contributed by atoms with E-state index in [4.69, 9.17) is 32.2 Å². The highest BCUT2D eigenvalue weighted by molar-refractivity contribution is 6.30. The zero-order chi connectivity index (χ0) is 26.2. The van der Waals surface area contributed by atoms with E-state index in [1.54, 1.807) is 19.1 Å². The molecule has 9 nitrogen and oxygen atoms in total. The van der Waals surface area contributed by atoms with E-state index in [-0.39, 0.29) is 61.0 Å². The molecule has 0 fully saturated rings. The second-order valence-corrected chi connectivity index (χ2v) is 7.87. The normalized spacial score (nSPS) is 10.1. The van der Waals surface area contributed by atoms with Crippen molar-refractivity contribution in [1.29, 1.82) is 5.41 Å². The first-order chi connectivity index (χ1) is 17.2. The quantitative estimate of drug-likeness (QED) is 0.153. The van der Waals surface area contributed by atoms with E-state index in [9.17, 15) is 18.8 Å². The van der Waals surface area contributed by atoms with Crippen LogP contribution in [0.15, 0.2) is 54.7 Å². The fourth-order valence-electron chi connectivity index (χ4n) is 3.12. The second-order valence-electron chi connectivity index (χ2n) is 7.43. The Morgan fingerprint density at radius 3 is 2.49 bits per heavy atom. The Morgan fingerprint density at radius 1 is 1.11 bits per heavy atom. The summed E-state index contributed by atoms with van der Waals surface area (Å²) in [4.78, 5) is 41.7. The third-order valence-corrected chi connectivity index (χ3v) is 5.08. The van der Waals surface area contributed by atoms with E-state index in [2.05, 4.69) is 10.3 Å². The second kappa shape index (κ2) is 13.1. The lowest BCUT2D eigenvalue weighted by Crippen LogP contribution is -2.19. The van der Waals surface area contributed by atoms with Gasteiger partial charge >= 0.3 is 5.97 Å². The molecule has 0 aliphatic rings. The molecule has 0 saturated heterocycles. The predicted molar refractivity (Wildman–Crippen MR) is 138 cm³/mol. The van der Waals surface area contributed by atoms with Crippen molar-refractivity contribution in [2.24, 2.45) is 5.73 Å². The summed E-state index contributed by atoms with van der Waals surface area (Å²) in [6, 6.07) is 10.9. The van der Waals surface area contributed by atoms with Gasteiger partial charge in [0.25, 0.3) is 5.91 Å². The number of aromatic nitrogens is 1. The van der Waals surface area contributed by atoms with Gasteiger partial charge in [0, 0.05) is 23.0 Å². The minimum absolute atomic E-state index is 0. The van der Waals surface area contributed by atoms with Gasteiger partial charge in [0.1, 0.15) is 17.4 Å². The Bertz CT molecular complexity index is 1310. The van der Waals surface area contributed by atoms with Crippen LogP contribution in [0.25, 0.3) is 0 Å². The lowest BCUT2D eigenvalue weighted by Gasteiger charge is -2.14. The Labute approximate surface area is 218 Å². The number of ether oxygens (including phenoxy) is 2. The van der Waals surface area contributed by atoms with Crippen molar-refractivity contribution in [2.45, 2.75) is 20.8 Å². The van der Waals surface area contributed by atoms with Gasteiger partial charge in [-0.2, -0.15) is 0 Å². The van der Waals surface area contributed by atoms with Crippen molar-refractivity contribution >= 4 is 40.8 Å². The smallest absolute Gasteiger partial charge is 0.344 e. The van der Waals surface area contributed by atoms with Crippen molar-refractivity contribution in [3.63, 3.8) is 0 Å². The number of amides is 1. The first kappa shape index (κ1) is 28.9. The molecule has 3 rings (SSSR count). The lowest BCUT2D eigenvalue weighted by atomic mass is 10.0. The van der Waals surface area contributed by atoms with Crippen LogP contribution >= 0.6 is 11.6 Å². The molecule has 0 radical (unpaired) electrons. The highest BCUT2D eigenvalue weighted by Gasteiger charge is 2.19. The number of nitrogen functional groups attached to an aromatic ring is 1. The lowest BCUT2D eigenvalue weighted by molar-refractivity contribution is -0.145. The van der Waals surface area contributed by atoms with Crippen LogP contribution in [0.5, 0.6) is 5.75 Å². The number of nitrogens with two attached hydrogens (primary N) is 1. The number of nitrogens with one attached hydrogen (secondary N) is 2. The number of hydrogen-bond acceptors (Lipinski definition) is 7. The summed E-state index contributed by atoms with van der Waals surface area (Å²) in [5.41, 5.74) is 5.76. The third-order valence-electron chi connectivity index (χ3n) is 4.86. The summed E-state index contributed by atoms with van der Waals surface area (Å²) in [5.74, 6) is -2.87. The van der Waals surface area contributed by atoms with E-state index >= 15 is 0 Å². The van der Waals surface area contributed by atoms with Crippen LogP contribution in [0.4, 0.5) is 10.1 Å². The summed E-state index contributed by atoms with van der Waals surface area (Å²) in [6.45, 7) is 1.47. The number of halogens is 2. The Morgan fingerprint density at radius 2 is 1.86 bits per heavy atom. The third kappa shape index (κ3) is 7.84. The Kier molecular flexibility index (Phi) is 10.3. The fraction of sp³-hybridized carbons (Fsp3) is 0.192. The summed E-state index contributed by atoms with van der Waals surface area (Å²) in [6.07, 6.45) is 1.28. The molecule has 1 amide bonds. The van der Waals surface area contributed by atoms with Gasteiger partial charge in [-0.3, -0.25) is 20.0 Å². The minimum Gasteiger partial charge on any atom is -0.482 e. The van der Waals surface area contributed by atoms with Crippen molar-refractivity contribution in [2.75, 3.05) is 18.5 Å². The molecule has 0 bridgehead atoms. The van der Waals surface area contributed by atoms with Gasteiger partial charge in [0.15, 0.2) is 12.4 Å². The van der Waals surface area contributed by atoms with Crippen LogP contribution in [0.2, 0.25) is 5.02 Å². The molecule has 3 aromatic rings. The molecule has 0 aliphatic heterocycles. The number of pyridine rings is 1. The van der Waals surface area contributed by atoms with Gasteiger partial charge in [0.05, 0.1) is 29.3 Å². The number of rotatable bonds is 10. The summed E-state index contributed by atoms with van der Waals surface area (Å²) < 4.78 is 24.7. The maximum atomic E-state index is 14.5.